The van der Waals surface area contributed by atoms with E-state index in [0.717, 1.165) is 32.2 Å². The molecule has 5 heteroatoms. The quantitative estimate of drug-likeness (QED) is 0.204. The van der Waals surface area contributed by atoms with Gasteiger partial charge in [-0.3, -0.25) is 4.98 Å². The van der Waals surface area contributed by atoms with E-state index in [1.54, 1.807) is 25.4 Å². The number of methoxy groups -OCH3 is 1. The maximum absolute atomic E-state index is 15.2. The van der Waals surface area contributed by atoms with Gasteiger partial charge in [0.15, 0.2) is 0 Å². The van der Waals surface area contributed by atoms with Crippen molar-refractivity contribution in [2.24, 2.45) is 0 Å². The van der Waals surface area contributed by atoms with Gasteiger partial charge in [0.1, 0.15) is 17.4 Å². The predicted molar refractivity (Wildman–Crippen MR) is 138 cm³/mol. The second-order valence-electron chi connectivity index (χ2n) is 8.82. The zero-order chi connectivity index (χ0) is 24.2. The Morgan fingerprint density at radius 2 is 1.49 bits per heavy atom. The highest BCUT2D eigenvalue weighted by molar-refractivity contribution is 6.07. The van der Waals surface area contributed by atoms with Crippen molar-refractivity contribution in [3.05, 3.63) is 96.2 Å². The van der Waals surface area contributed by atoms with Crippen molar-refractivity contribution in [1.29, 1.82) is 0 Å². The van der Waals surface area contributed by atoms with E-state index in [-0.39, 0.29) is 5.56 Å². The molecule has 0 aliphatic rings. The molecule has 0 saturated carbocycles. The Morgan fingerprint density at radius 3 is 2.20 bits per heavy atom. The first-order valence-corrected chi connectivity index (χ1v) is 12.1. The van der Waals surface area contributed by atoms with Crippen LogP contribution in [0.3, 0.4) is 0 Å². The van der Waals surface area contributed by atoms with Crippen LogP contribution in [0.1, 0.15) is 31.2 Å². The highest BCUT2D eigenvalue weighted by Crippen LogP contribution is 2.30. The molecule has 0 N–H and O–H groups in total. The van der Waals surface area contributed by atoms with Crippen molar-refractivity contribution in [3.63, 3.8) is 0 Å². The fourth-order valence-corrected chi connectivity index (χ4v) is 4.88. The first kappa shape index (κ1) is 23.0. The molecule has 5 rings (SSSR count). The number of pyridine rings is 1. The molecule has 0 spiro atoms. The molecule has 0 radical (unpaired) electrons. The van der Waals surface area contributed by atoms with Crippen LogP contribution in [0.2, 0.25) is 0 Å². The number of hydrogen-bond acceptors (Lipinski definition) is 2. The Bertz CT molecular complexity index is 1420. The summed E-state index contributed by atoms with van der Waals surface area (Å²) in [4.78, 5) is 4.23. The molecule has 0 unspecified atom stereocenters. The van der Waals surface area contributed by atoms with Crippen LogP contribution in [0.15, 0.2) is 79.0 Å². The summed E-state index contributed by atoms with van der Waals surface area (Å²) in [7, 11) is 1.55. The highest BCUT2D eigenvalue weighted by Gasteiger charge is 2.16. The fraction of sp³-hybridized carbons (Fsp3) is 0.233. The Hall–Kier alpha value is -3.73. The van der Waals surface area contributed by atoms with E-state index in [9.17, 15) is 4.39 Å². The molecule has 0 fully saturated rings. The van der Waals surface area contributed by atoms with Crippen LogP contribution in [-0.2, 0) is 13.0 Å². The van der Waals surface area contributed by atoms with Crippen LogP contribution in [-0.4, -0.2) is 16.7 Å². The van der Waals surface area contributed by atoms with Gasteiger partial charge in [-0.05, 0) is 49.6 Å². The van der Waals surface area contributed by atoms with Crippen molar-refractivity contribution in [2.75, 3.05) is 7.11 Å². The number of aromatic nitrogens is 2. The van der Waals surface area contributed by atoms with E-state index >= 15 is 4.39 Å². The van der Waals surface area contributed by atoms with Crippen LogP contribution in [0.4, 0.5) is 8.78 Å². The average molecular weight is 471 g/mol. The zero-order valence-corrected chi connectivity index (χ0v) is 19.8. The minimum Gasteiger partial charge on any atom is -0.497 e. The zero-order valence-electron chi connectivity index (χ0n) is 19.8. The smallest absolute Gasteiger partial charge is 0.138 e. The van der Waals surface area contributed by atoms with Gasteiger partial charge in [0.2, 0.25) is 0 Å². The van der Waals surface area contributed by atoms with Gasteiger partial charge in [-0.1, -0.05) is 49.2 Å². The molecule has 0 atom stereocenters. The standard InChI is InChI=1S/C30H28F2N2O/c1-35-21-17-18-33-27(20-21)25-15-16-26(31)24(30(25)32)12-4-2-3-9-19-34-28-13-7-5-10-22(28)23-11-6-8-14-29(23)34/h5-8,10-11,13-18,20H,2-4,9,12,19H2,1H3. The van der Waals surface area contributed by atoms with E-state index in [2.05, 4.69) is 58.1 Å². The van der Waals surface area contributed by atoms with Crippen molar-refractivity contribution in [3.8, 4) is 17.0 Å². The summed E-state index contributed by atoms with van der Waals surface area (Å²) in [5.74, 6) is -0.445. The summed E-state index contributed by atoms with van der Waals surface area (Å²) in [5.41, 5.74) is 3.37. The van der Waals surface area contributed by atoms with Gasteiger partial charge in [-0.15, -0.1) is 0 Å². The molecule has 5 aromatic rings. The summed E-state index contributed by atoms with van der Waals surface area (Å²) < 4.78 is 37.2. The Balaban J connectivity index is 1.22. The monoisotopic (exact) mass is 470 g/mol. The molecular weight excluding hydrogens is 442 g/mol. The number of unbranched alkanes of at least 4 members (excludes halogenated alkanes) is 3. The molecule has 3 aromatic carbocycles. The minimum absolute atomic E-state index is 0.134. The van der Waals surface area contributed by atoms with Gasteiger partial charge < -0.3 is 9.30 Å². The van der Waals surface area contributed by atoms with Crippen LogP contribution in [0.5, 0.6) is 5.75 Å². The second kappa shape index (κ2) is 10.3. The molecule has 2 aromatic heterocycles. The molecule has 0 bridgehead atoms. The number of halogens is 2. The van der Waals surface area contributed by atoms with E-state index in [1.807, 2.05) is 0 Å². The molecule has 0 aliphatic carbocycles. The lowest BCUT2D eigenvalue weighted by atomic mass is 10.0. The Kier molecular flexibility index (Phi) is 6.75. The van der Waals surface area contributed by atoms with Gasteiger partial charge >= 0.3 is 0 Å². The number of rotatable bonds is 9. The minimum atomic E-state index is -0.531. The van der Waals surface area contributed by atoms with E-state index in [1.165, 1.54) is 33.9 Å². The largest absolute Gasteiger partial charge is 0.497 e. The number of ether oxygens (including phenoxy) is 1. The first-order chi connectivity index (χ1) is 17.2. The number of para-hydroxylation sites is 2. The van der Waals surface area contributed by atoms with Gasteiger partial charge in [0, 0.05) is 51.7 Å². The van der Waals surface area contributed by atoms with Gasteiger partial charge in [0.05, 0.1) is 12.8 Å². The fourth-order valence-electron chi connectivity index (χ4n) is 4.88. The maximum atomic E-state index is 15.2. The summed E-state index contributed by atoms with van der Waals surface area (Å²) in [6.07, 6.45) is 5.59. The number of hydrogen-bond donors (Lipinski definition) is 0. The van der Waals surface area contributed by atoms with Crippen LogP contribution in [0, 0.1) is 11.6 Å². The maximum Gasteiger partial charge on any atom is 0.138 e. The summed E-state index contributed by atoms with van der Waals surface area (Å²) in [6, 6.07) is 23.1. The lowest BCUT2D eigenvalue weighted by Gasteiger charge is -2.11. The molecular formula is C30H28F2N2O. The van der Waals surface area contributed by atoms with Gasteiger partial charge in [-0.25, -0.2) is 8.78 Å². The van der Waals surface area contributed by atoms with Crippen molar-refractivity contribution in [1.82, 2.24) is 9.55 Å². The molecule has 35 heavy (non-hydrogen) atoms. The third kappa shape index (κ3) is 4.63. The van der Waals surface area contributed by atoms with Crippen molar-refractivity contribution in [2.45, 2.75) is 38.6 Å². The third-order valence-corrected chi connectivity index (χ3v) is 6.67. The molecule has 2 heterocycles. The van der Waals surface area contributed by atoms with Crippen LogP contribution < -0.4 is 4.74 Å². The van der Waals surface area contributed by atoms with E-state index < -0.39 is 11.6 Å². The molecule has 0 saturated heterocycles. The second-order valence-corrected chi connectivity index (χ2v) is 8.82. The number of benzene rings is 3. The summed E-state index contributed by atoms with van der Waals surface area (Å²) in [5, 5.41) is 2.55. The summed E-state index contributed by atoms with van der Waals surface area (Å²) >= 11 is 0. The number of aryl methyl sites for hydroxylation is 1. The lowest BCUT2D eigenvalue weighted by molar-refractivity contribution is 0.414. The van der Waals surface area contributed by atoms with Gasteiger partial charge in [0.25, 0.3) is 0 Å². The number of nitrogens with zero attached hydrogens (tertiary/aromatic N) is 2. The average Bonchev–Trinajstić information content (AvgIpc) is 3.21. The molecule has 0 aliphatic heterocycles. The molecule has 178 valence electrons. The van der Waals surface area contributed by atoms with Crippen LogP contribution >= 0.6 is 0 Å². The van der Waals surface area contributed by atoms with Crippen molar-refractivity contribution >= 4 is 21.8 Å². The SMILES string of the molecule is COc1ccnc(-c2ccc(F)c(CCCCCCn3c4ccccc4c4ccccc43)c2F)c1. The van der Waals surface area contributed by atoms with Crippen molar-refractivity contribution < 1.29 is 13.5 Å². The lowest BCUT2D eigenvalue weighted by Crippen LogP contribution is -2.01. The predicted octanol–water partition coefficient (Wildman–Crippen LogP) is 7.95. The Labute approximate surface area is 204 Å². The van der Waals surface area contributed by atoms with Crippen LogP contribution in [0.25, 0.3) is 33.1 Å². The normalized spacial score (nSPS) is 11.4. The Morgan fingerprint density at radius 1 is 0.800 bits per heavy atom. The first-order valence-electron chi connectivity index (χ1n) is 12.1. The topological polar surface area (TPSA) is 27.1 Å². The van der Waals surface area contributed by atoms with E-state index in [0.29, 0.717) is 23.4 Å². The van der Waals surface area contributed by atoms with E-state index in [4.69, 9.17) is 4.74 Å². The van der Waals surface area contributed by atoms with Gasteiger partial charge in [-0.2, -0.15) is 0 Å². The number of fused-ring (bicyclic) bond motifs is 3. The molecule has 0 amide bonds. The molecule has 3 nitrogen and oxygen atoms in total. The highest BCUT2D eigenvalue weighted by atomic mass is 19.1. The summed E-state index contributed by atoms with van der Waals surface area (Å²) in [6.45, 7) is 0.924. The third-order valence-electron chi connectivity index (χ3n) is 6.67.